The number of ketones is 1. The minimum Gasteiger partial charge on any atom is -0.458 e. The molecule has 6 heteroatoms. The monoisotopic (exact) mass is 482 g/mol. The van der Waals surface area contributed by atoms with Gasteiger partial charge in [0.1, 0.15) is 12.2 Å². The second-order valence-corrected chi connectivity index (χ2v) is 11.5. The average molecular weight is 483 g/mol. The minimum absolute atomic E-state index is 0.0475. The van der Waals surface area contributed by atoms with Crippen molar-refractivity contribution in [3.05, 3.63) is 47.0 Å². The van der Waals surface area contributed by atoms with Crippen molar-refractivity contribution in [2.45, 2.75) is 83.2 Å². The molecule has 35 heavy (non-hydrogen) atoms. The molecule has 6 unspecified atom stereocenters. The first-order chi connectivity index (χ1) is 16.7. The molecule has 1 saturated heterocycles. The molecule has 7 atom stereocenters. The van der Waals surface area contributed by atoms with E-state index in [2.05, 4.69) is 0 Å². The zero-order valence-corrected chi connectivity index (χ0v) is 21.3. The first-order valence-corrected chi connectivity index (χ1v) is 13.0. The molecule has 0 amide bonds. The van der Waals surface area contributed by atoms with Gasteiger partial charge in [0.25, 0.3) is 0 Å². The summed E-state index contributed by atoms with van der Waals surface area (Å²) in [4.78, 5) is 26.8. The van der Waals surface area contributed by atoms with E-state index in [0.29, 0.717) is 25.9 Å². The van der Waals surface area contributed by atoms with E-state index in [1.165, 1.54) is 0 Å². The quantitative estimate of drug-likeness (QED) is 0.504. The van der Waals surface area contributed by atoms with Crippen molar-refractivity contribution < 1.29 is 28.9 Å². The number of benzene rings is 1. The van der Waals surface area contributed by atoms with Crippen molar-refractivity contribution in [3.63, 3.8) is 0 Å². The van der Waals surface area contributed by atoms with Crippen LogP contribution in [0.15, 0.2) is 41.5 Å². The summed E-state index contributed by atoms with van der Waals surface area (Å²) in [5, 5.41) is 12.3. The Hall–Kier alpha value is -2.02. The van der Waals surface area contributed by atoms with Crippen molar-refractivity contribution >= 4 is 11.8 Å². The molecule has 3 aliphatic carbocycles. The summed E-state index contributed by atoms with van der Waals surface area (Å²) in [5.74, 6) is 0.00519. The highest BCUT2D eigenvalue weighted by atomic mass is 16.5. The van der Waals surface area contributed by atoms with Gasteiger partial charge in [-0.2, -0.15) is 0 Å². The molecule has 1 aromatic rings. The highest BCUT2D eigenvalue weighted by Gasteiger charge is 2.61. The molecule has 190 valence electrons. The number of aliphatic hydroxyl groups is 1. The maximum absolute atomic E-state index is 13.9. The molecule has 0 spiro atoms. The Morgan fingerprint density at radius 3 is 2.54 bits per heavy atom. The number of carbonyl (C=O) groups excluding carboxylic acids is 2. The van der Waals surface area contributed by atoms with Gasteiger partial charge in [-0.25, -0.2) is 0 Å². The lowest BCUT2D eigenvalue weighted by atomic mass is 9.51. The highest BCUT2D eigenvalue weighted by Crippen LogP contribution is 2.58. The SMILES string of the molecule is COC1C(=O)C2CCC3OCC3C2CC2(O)C[C@H](OC(=O)CCc3ccccc3)C(C)=C1C2(C)C. The number of fused-ring (bicyclic) bond motifs is 5. The average Bonchev–Trinajstić information content (AvgIpc) is 2.80. The number of rotatable bonds is 5. The van der Waals surface area contributed by atoms with E-state index in [4.69, 9.17) is 14.2 Å². The zero-order valence-electron chi connectivity index (χ0n) is 21.3. The summed E-state index contributed by atoms with van der Waals surface area (Å²) in [6, 6.07) is 9.86. The van der Waals surface area contributed by atoms with Crippen LogP contribution in [0.4, 0.5) is 0 Å². The molecular formula is C29H38O6. The van der Waals surface area contributed by atoms with E-state index in [1.807, 2.05) is 51.1 Å². The van der Waals surface area contributed by atoms with Crippen LogP contribution in [-0.2, 0) is 30.2 Å². The predicted octanol–water partition coefficient (Wildman–Crippen LogP) is 4.04. The van der Waals surface area contributed by atoms with E-state index in [0.717, 1.165) is 29.6 Å². The number of ether oxygens (including phenoxy) is 3. The molecule has 3 fully saturated rings. The Morgan fingerprint density at radius 2 is 1.89 bits per heavy atom. The molecule has 0 aromatic heterocycles. The van der Waals surface area contributed by atoms with E-state index >= 15 is 0 Å². The van der Waals surface area contributed by atoms with Crippen molar-refractivity contribution in [1.29, 1.82) is 0 Å². The lowest BCUT2D eigenvalue weighted by Crippen LogP contribution is -2.63. The Kier molecular flexibility index (Phi) is 6.43. The maximum Gasteiger partial charge on any atom is 0.306 e. The van der Waals surface area contributed by atoms with Gasteiger partial charge in [0.15, 0.2) is 5.78 Å². The Bertz CT molecular complexity index is 1010. The molecule has 1 aliphatic heterocycles. The molecule has 5 rings (SSSR count). The summed E-state index contributed by atoms with van der Waals surface area (Å²) in [7, 11) is 1.57. The number of esters is 1. The molecular weight excluding hydrogens is 444 g/mol. The minimum atomic E-state index is -1.12. The van der Waals surface area contributed by atoms with Crippen molar-refractivity contribution in [2.24, 2.45) is 23.2 Å². The molecule has 1 N–H and O–H groups in total. The zero-order chi connectivity index (χ0) is 25.0. The third kappa shape index (κ3) is 4.08. The van der Waals surface area contributed by atoms with E-state index in [1.54, 1.807) is 7.11 Å². The number of Topliss-reactive ketones (excluding diaryl/α,β-unsaturated/α-hetero) is 1. The fourth-order valence-corrected chi connectivity index (χ4v) is 7.25. The standard InChI is InChI=1S/C29H38O6/c1-17-23(35-24(30)13-10-18-8-6-5-7-9-18)15-29(32)14-20-19(11-12-22-21(20)16-34-22)26(31)27(33-4)25(17)28(29,2)3/h5-9,19-23,27,32H,10-16H2,1-4H3/t19?,20?,21?,22?,23-,27?,29?/m0/s1. The van der Waals surface area contributed by atoms with E-state index in [-0.39, 0.29) is 42.0 Å². The van der Waals surface area contributed by atoms with Crippen LogP contribution in [0.5, 0.6) is 0 Å². The number of hydrogen-bond acceptors (Lipinski definition) is 6. The van der Waals surface area contributed by atoms with E-state index in [9.17, 15) is 14.7 Å². The van der Waals surface area contributed by atoms with E-state index < -0.39 is 23.2 Å². The fraction of sp³-hybridized carbons (Fsp3) is 0.655. The van der Waals surface area contributed by atoms with Gasteiger partial charge in [-0.15, -0.1) is 0 Å². The van der Waals surface area contributed by atoms with Gasteiger partial charge in [0.2, 0.25) is 0 Å². The van der Waals surface area contributed by atoms with Crippen LogP contribution in [0.3, 0.4) is 0 Å². The third-order valence-corrected chi connectivity index (χ3v) is 9.51. The Labute approximate surface area is 208 Å². The van der Waals surface area contributed by atoms with Crippen molar-refractivity contribution in [1.82, 2.24) is 0 Å². The van der Waals surface area contributed by atoms with Crippen LogP contribution in [0.2, 0.25) is 0 Å². The first-order valence-electron chi connectivity index (χ1n) is 13.0. The summed E-state index contributed by atoms with van der Waals surface area (Å²) in [6.45, 7) is 6.60. The molecule has 2 bridgehead atoms. The topological polar surface area (TPSA) is 82.1 Å². The summed E-state index contributed by atoms with van der Waals surface area (Å²) in [5.41, 5.74) is 0.892. The number of hydrogen-bond donors (Lipinski definition) is 1. The number of methoxy groups -OCH3 is 1. The first kappa shape index (κ1) is 24.7. The van der Waals surface area contributed by atoms with Crippen molar-refractivity contribution in [3.8, 4) is 0 Å². The van der Waals surface area contributed by atoms with Crippen LogP contribution < -0.4 is 0 Å². The third-order valence-electron chi connectivity index (χ3n) is 9.51. The summed E-state index contributed by atoms with van der Waals surface area (Å²) in [6.07, 6.45) is 2.22. The van der Waals surface area contributed by atoms with Gasteiger partial charge >= 0.3 is 5.97 Å². The normalized spacial score (nSPS) is 37.9. The van der Waals surface area contributed by atoms with Crippen molar-refractivity contribution in [2.75, 3.05) is 13.7 Å². The molecule has 1 heterocycles. The van der Waals surface area contributed by atoms with Crippen LogP contribution in [-0.4, -0.2) is 54.5 Å². The number of carbonyl (C=O) groups is 2. The highest BCUT2D eigenvalue weighted by molar-refractivity contribution is 5.89. The number of aryl methyl sites for hydroxylation is 1. The van der Waals surface area contributed by atoms with Gasteiger partial charge in [0.05, 0.1) is 18.3 Å². The smallest absolute Gasteiger partial charge is 0.306 e. The second kappa shape index (κ2) is 9.13. The van der Waals surface area contributed by atoms with Gasteiger partial charge in [-0.1, -0.05) is 44.2 Å². The Morgan fingerprint density at radius 1 is 1.14 bits per heavy atom. The van der Waals surface area contributed by atoms with Gasteiger partial charge in [-0.3, -0.25) is 9.59 Å². The molecule has 2 saturated carbocycles. The summed E-state index contributed by atoms with van der Waals surface area (Å²) < 4.78 is 17.7. The van der Waals surface area contributed by atoms with Crippen LogP contribution in [0, 0.1) is 23.2 Å². The molecule has 1 aromatic carbocycles. The molecule has 4 aliphatic rings. The molecule has 0 radical (unpaired) electrons. The fourth-order valence-electron chi connectivity index (χ4n) is 7.25. The maximum atomic E-state index is 13.9. The van der Waals surface area contributed by atoms with Crippen LogP contribution in [0.1, 0.15) is 58.4 Å². The Balaban J connectivity index is 1.46. The van der Waals surface area contributed by atoms with Gasteiger partial charge in [-0.05, 0) is 55.2 Å². The predicted molar refractivity (Wildman–Crippen MR) is 131 cm³/mol. The van der Waals surface area contributed by atoms with Gasteiger partial charge in [0, 0.05) is 37.2 Å². The second-order valence-electron chi connectivity index (χ2n) is 11.5. The van der Waals surface area contributed by atoms with Gasteiger partial charge < -0.3 is 19.3 Å². The lowest BCUT2D eigenvalue weighted by molar-refractivity contribution is -0.204. The van der Waals surface area contributed by atoms with Crippen LogP contribution >= 0.6 is 0 Å². The largest absolute Gasteiger partial charge is 0.458 e. The summed E-state index contributed by atoms with van der Waals surface area (Å²) >= 11 is 0. The van der Waals surface area contributed by atoms with Crippen LogP contribution in [0.25, 0.3) is 0 Å². The lowest BCUT2D eigenvalue weighted by Gasteiger charge is -2.58. The molecule has 6 nitrogen and oxygen atoms in total.